The van der Waals surface area contributed by atoms with Crippen LogP contribution in [0, 0.1) is 6.92 Å². The minimum Gasteiger partial charge on any atom is -0.340 e. The fraction of sp³-hybridized carbons (Fsp3) is 0.600. The molecule has 1 N–H and O–H groups in total. The molecule has 5 nitrogen and oxygen atoms in total. The van der Waals surface area contributed by atoms with Crippen LogP contribution >= 0.6 is 0 Å². The fourth-order valence-corrected chi connectivity index (χ4v) is 3.95. The molecule has 0 spiro atoms. The zero-order valence-electron chi connectivity index (χ0n) is 15.3. The van der Waals surface area contributed by atoms with E-state index < -0.39 is 0 Å². The predicted molar refractivity (Wildman–Crippen MR) is 98.3 cm³/mol. The summed E-state index contributed by atoms with van der Waals surface area (Å²) in [6.45, 7) is 6.47. The van der Waals surface area contributed by atoms with Gasteiger partial charge in [-0.1, -0.05) is 29.8 Å². The van der Waals surface area contributed by atoms with Crippen molar-refractivity contribution in [3.63, 3.8) is 0 Å². The van der Waals surface area contributed by atoms with Crippen molar-refractivity contribution >= 4 is 11.9 Å². The summed E-state index contributed by atoms with van der Waals surface area (Å²) >= 11 is 0. The third-order valence-corrected chi connectivity index (χ3v) is 5.42. The third kappa shape index (κ3) is 4.33. The lowest BCUT2D eigenvalue weighted by Crippen LogP contribution is -2.42. The van der Waals surface area contributed by atoms with Crippen molar-refractivity contribution in [2.45, 2.75) is 58.0 Å². The molecule has 136 valence electrons. The van der Waals surface area contributed by atoms with Crippen LogP contribution in [0.5, 0.6) is 0 Å². The van der Waals surface area contributed by atoms with E-state index in [4.69, 9.17) is 0 Å². The van der Waals surface area contributed by atoms with E-state index >= 15 is 0 Å². The Kier molecular flexibility index (Phi) is 5.61. The van der Waals surface area contributed by atoms with Crippen molar-refractivity contribution in [3.05, 3.63) is 35.4 Å². The quantitative estimate of drug-likeness (QED) is 0.916. The zero-order valence-corrected chi connectivity index (χ0v) is 15.3. The Bertz CT molecular complexity index is 631. The van der Waals surface area contributed by atoms with Gasteiger partial charge in [0.25, 0.3) is 0 Å². The Morgan fingerprint density at radius 3 is 2.76 bits per heavy atom. The van der Waals surface area contributed by atoms with Gasteiger partial charge in [-0.2, -0.15) is 0 Å². The minimum atomic E-state index is -0.00777. The molecule has 0 radical (unpaired) electrons. The Balaban J connectivity index is 1.55. The monoisotopic (exact) mass is 343 g/mol. The summed E-state index contributed by atoms with van der Waals surface area (Å²) < 4.78 is 0. The molecule has 0 aliphatic carbocycles. The summed E-state index contributed by atoms with van der Waals surface area (Å²) in [6.07, 6.45) is 4.52. The lowest BCUT2D eigenvalue weighted by molar-refractivity contribution is -0.129. The number of urea groups is 1. The first-order chi connectivity index (χ1) is 12.0. The van der Waals surface area contributed by atoms with E-state index in [9.17, 15) is 9.59 Å². The highest BCUT2D eigenvalue weighted by atomic mass is 16.2. The van der Waals surface area contributed by atoms with Gasteiger partial charge in [-0.25, -0.2) is 4.79 Å². The molecule has 2 fully saturated rings. The summed E-state index contributed by atoms with van der Waals surface area (Å²) in [5.41, 5.74) is 2.33. The van der Waals surface area contributed by atoms with Gasteiger partial charge in [-0.15, -0.1) is 0 Å². The molecule has 0 saturated carbocycles. The first-order valence-corrected chi connectivity index (χ1v) is 9.46. The number of benzene rings is 1. The van der Waals surface area contributed by atoms with Crippen molar-refractivity contribution < 1.29 is 9.59 Å². The molecule has 2 heterocycles. The molecule has 2 aliphatic rings. The average molecular weight is 343 g/mol. The van der Waals surface area contributed by atoms with Gasteiger partial charge >= 0.3 is 6.03 Å². The van der Waals surface area contributed by atoms with E-state index in [1.807, 2.05) is 22.8 Å². The molecule has 2 atom stereocenters. The minimum absolute atomic E-state index is 0.00223. The maximum absolute atomic E-state index is 12.6. The summed E-state index contributed by atoms with van der Waals surface area (Å²) in [6, 6.07) is 8.55. The molecular weight excluding hydrogens is 314 g/mol. The van der Waals surface area contributed by atoms with E-state index in [2.05, 4.69) is 30.4 Å². The molecule has 0 bridgehead atoms. The Labute approximate surface area is 150 Å². The number of carbonyl (C=O) groups excluding carboxylic acids is 2. The topological polar surface area (TPSA) is 52.7 Å². The van der Waals surface area contributed by atoms with Gasteiger partial charge in [0, 0.05) is 32.1 Å². The number of nitrogens with one attached hydrogen (secondary N) is 1. The second-order valence-corrected chi connectivity index (χ2v) is 7.35. The molecule has 3 rings (SSSR count). The number of rotatable bonds is 3. The van der Waals surface area contributed by atoms with Gasteiger partial charge in [-0.3, -0.25) is 4.79 Å². The highest BCUT2D eigenvalue weighted by Crippen LogP contribution is 2.22. The van der Waals surface area contributed by atoms with Crippen LogP contribution in [0.3, 0.4) is 0 Å². The van der Waals surface area contributed by atoms with E-state index in [1.165, 1.54) is 5.56 Å². The Morgan fingerprint density at radius 2 is 2.04 bits per heavy atom. The first-order valence-electron chi connectivity index (χ1n) is 9.46. The SMILES string of the molecule is Cc1cccc(C(C)NC(=O)N2CCCC(N3CCCC3=O)CC2)c1. The smallest absolute Gasteiger partial charge is 0.317 e. The normalized spacial score (nSPS) is 22.6. The van der Waals surface area contributed by atoms with Gasteiger partial charge in [0.05, 0.1) is 6.04 Å². The summed E-state index contributed by atoms with van der Waals surface area (Å²) in [4.78, 5) is 28.6. The van der Waals surface area contributed by atoms with Crippen LogP contribution < -0.4 is 5.32 Å². The van der Waals surface area contributed by atoms with Crippen molar-refractivity contribution in [3.8, 4) is 0 Å². The van der Waals surface area contributed by atoms with E-state index in [-0.39, 0.29) is 18.0 Å². The Hall–Kier alpha value is -2.04. The molecule has 3 amide bonds. The molecule has 2 unspecified atom stereocenters. The van der Waals surface area contributed by atoms with E-state index in [0.29, 0.717) is 12.5 Å². The standard InChI is InChI=1S/C20H29N3O2/c1-15-6-3-7-17(14-15)16(2)21-20(25)22-11-4-8-18(10-13-22)23-12-5-9-19(23)24/h3,6-7,14,16,18H,4-5,8-13H2,1-2H3,(H,21,25). The van der Waals surface area contributed by atoms with Crippen molar-refractivity contribution in [2.75, 3.05) is 19.6 Å². The van der Waals surface area contributed by atoms with Crippen molar-refractivity contribution in [2.24, 2.45) is 0 Å². The van der Waals surface area contributed by atoms with E-state index in [1.54, 1.807) is 0 Å². The van der Waals surface area contributed by atoms with Crippen molar-refractivity contribution in [1.82, 2.24) is 15.1 Å². The van der Waals surface area contributed by atoms with Crippen LogP contribution in [0.25, 0.3) is 0 Å². The van der Waals surface area contributed by atoms with Crippen molar-refractivity contribution in [1.29, 1.82) is 0 Å². The second-order valence-electron chi connectivity index (χ2n) is 7.35. The number of amides is 3. The molecule has 5 heteroatoms. The number of hydrogen-bond acceptors (Lipinski definition) is 2. The predicted octanol–water partition coefficient (Wildman–Crippen LogP) is 3.24. The largest absolute Gasteiger partial charge is 0.340 e. The van der Waals surface area contributed by atoms with E-state index in [0.717, 1.165) is 50.9 Å². The summed E-state index contributed by atoms with van der Waals surface area (Å²) in [5, 5.41) is 3.12. The van der Waals surface area contributed by atoms with Gasteiger partial charge in [0.2, 0.25) is 5.91 Å². The van der Waals surface area contributed by atoms with Crippen LogP contribution in [0.2, 0.25) is 0 Å². The van der Waals surface area contributed by atoms with Crippen LogP contribution in [0.15, 0.2) is 24.3 Å². The van der Waals surface area contributed by atoms with Gasteiger partial charge in [0.15, 0.2) is 0 Å². The molecule has 1 aromatic carbocycles. The number of hydrogen-bond donors (Lipinski definition) is 1. The molecule has 2 saturated heterocycles. The highest BCUT2D eigenvalue weighted by Gasteiger charge is 2.30. The van der Waals surface area contributed by atoms with Gasteiger partial charge in [-0.05, 0) is 45.1 Å². The molecule has 2 aliphatic heterocycles. The first kappa shape index (κ1) is 17.8. The molecular formula is C20H29N3O2. The van der Waals surface area contributed by atoms with Crippen LogP contribution in [-0.4, -0.2) is 47.4 Å². The van der Waals surface area contributed by atoms with Gasteiger partial charge < -0.3 is 15.1 Å². The fourth-order valence-electron chi connectivity index (χ4n) is 3.95. The highest BCUT2D eigenvalue weighted by molar-refractivity contribution is 5.78. The number of nitrogens with zero attached hydrogens (tertiary/aromatic N) is 2. The van der Waals surface area contributed by atoms with Gasteiger partial charge in [0.1, 0.15) is 0 Å². The van der Waals surface area contributed by atoms with Crippen LogP contribution in [0.4, 0.5) is 4.79 Å². The maximum Gasteiger partial charge on any atom is 0.317 e. The number of carbonyl (C=O) groups is 2. The molecule has 25 heavy (non-hydrogen) atoms. The van der Waals surface area contributed by atoms with Crippen LogP contribution in [0.1, 0.15) is 56.2 Å². The number of aryl methyl sites for hydroxylation is 1. The lowest BCUT2D eigenvalue weighted by atomic mass is 10.1. The van der Waals surface area contributed by atoms with Crippen LogP contribution in [-0.2, 0) is 4.79 Å². The zero-order chi connectivity index (χ0) is 17.8. The third-order valence-electron chi connectivity index (χ3n) is 5.42. The summed E-state index contributed by atoms with van der Waals surface area (Å²) in [5.74, 6) is 0.288. The molecule has 1 aromatic rings. The second kappa shape index (κ2) is 7.89. The maximum atomic E-state index is 12.6. The molecule has 0 aromatic heterocycles. The summed E-state index contributed by atoms with van der Waals surface area (Å²) in [7, 11) is 0. The number of likely N-dealkylation sites (tertiary alicyclic amines) is 2. The lowest BCUT2D eigenvalue weighted by Gasteiger charge is -2.27. The average Bonchev–Trinajstić information content (AvgIpc) is 2.87. The Morgan fingerprint density at radius 1 is 1.20 bits per heavy atom.